The number of nitrogens with two attached hydrogens (primary N) is 1. The fraction of sp³-hybridized carbons (Fsp3) is 0.545. The van der Waals surface area contributed by atoms with Crippen LogP contribution >= 0.6 is 0 Å². The summed E-state index contributed by atoms with van der Waals surface area (Å²) in [5.74, 6) is 0.1000. The van der Waals surface area contributed by atoms with Gasteiger partial charge in [-0.25, -0.2) is 4.98 Å². The van der Waals surface area contributed by atoms with Gasteiger partial charge in [0.25, 0.3) is 5.91 Å². The van der Waals surface area contributed by atoms with Crippen molar-refractivity contribution < 1.29 is 4.79 Å². The number of rotatable bonds is 3. The Morgan fingerprint density at radius 2 is 2.06 bits per heavy atom. The van der Waals surface area contributed by atoms with Crippen LogP contribution in [0, 0.1) is 0 Å². The highest BCUT2D eigenvalue weighted by atomic mass is 16.1. The lowest BCUT2D eigenvalue weighted by Gasteiger charge is -2.23. The molecule has 0 atom stereocenters. The molecule has 1 aromatic heterocycles. The zero-order chi connectivity index (χ0) is 11.4. The van der Waals surface area contributed by atoms with Crippen molar-refractivity contribution in [2.75, 3.05) is 5.32 Å². The molecule has 0 saturated heterocycles. The van der Waals surface area contributed by atoms with E-state index in [0.717, 1.165) is 12.8 Å². The van der Waals surface area contributed by atoms with Crippen LogP contribution in [0.1, 0.15) is 42.6 Å². The second-order valence-electron chi connectivity index (χ2n) is 4.13. The molecule has 2 rings (SSSR count). The van der Waals surface area contributed by atoms with Gasteiger partial charge in [-0.3, -0.25) is 9.78 Å². The molecule has 1 aliphatic carbocycles. The molecule has 0 unspecified atom stereocenters. The van der Waals surface area contributed by atoms with E-state index in [2.05, 4.69) is 15.3 Å². The average molecular weight is 220 g/mol. The van der Waals surface area contributed by atoms with Crippen molar-refractivity contribution in [3.05, 3.63) is 18.1 Å². The summed E-state index contributed by atoms with van der Waals surface area (Å²) in [7, 11) is 0. The van der Waals surface area contributed by atoms with Crippen LogP contribution < -0.4 is 11.1 Å². The van der Waals surface area contributed by atoms with Crippen molar-refractivity contribution >= 4 is 11.7 Å². The van der Waals surface area contributed by atoms with Crippen molar-refractivity contribution in [2.45, 2.75) is 38.1 Å². The molecule has 86 valence electrons. The van der Waals surface area contributed by atoms with E-state index in [1.165, 1.54) is 25.5 Å². The number of amides is 1. The Hall–Kier alpha value is -1.65. The molecule has 0 radical (unpaired) electrons. The summed E-state index contributed by atoms with van der Waals surface area (Å²) in [5.41, 5.74) is 5.36. The molecule has 0 aromatic carbocycles. The number of carbonyl (C=O) groups excluding carboxylic acids is 1. The standard InChI is InChI=1S/C11H16N4O/c12-11(16)9-6-13-7-10(15-9)14-8-4-2-1-3-5-8/h6-8H,1-5H2,(H2,12,16)(H,14,15). The Morgan fingerprint density at radius 3 is 2.75 bits per heavy atom. The molecule has 5 heteroatoms. The quantitative estimate of drug-likeness (QED) is 0.805. The normalized spacial score (nSPS) is 17.0. The average Bonchev–Trinajstić information content (AvgIpc) is 2.30. The van der Waals surface area contributed by atoms with Crippen LogP contribution in [-0.4, -0.2) is 21.9 Å². The summed E-state index contributed by atoms with van der Waals surface area (Å²) in [6, 6.07) is 0.450. The van der Waals surface area contributed by atoms with Gasteiger partial charge in [-0.05, 0) is 12.8 Å². The smallest absolute Gasteiger partial charge is 0.268 e. The molecule has 1 fully saturated rings. The summed E-state index contributed by atoms with van der Waals surface area (Å²) in [4.78, 5) is 19.0. The minimum atomic E-state index is -0.542. The van der Waals surface area contributed by atoms with Crippen LogP contribution in [0.15, 0.2) is 12.4 Å². The van der Waals surface area contributed by atoms with Gasteiger partial charge in [0.1, 0.15) is 11.5 Å². The Morgan fingerprint density at radius 1 is 1.31 bits per heavy atom. The van der Waals surface area contributed by atoms with Gasteiger partial charge >= 0.3 is 0 Å². The van der Waals surface area contributed by atoms with Gasteiger partial charge in [0.05, 0.1) is 12.4 Å². The topological polar surface area (TPSA) is 80.9 Å². The Balaban J connectivity index is 2.02. The first-order chi connectivity index (χ1) is 7.75. The Bertz CT molecular complexity index is 374. The van der Waals surface area contributed by atoms with Gasteiger partial charge in [-0.15, -0.1) is 0 Å². The number of nitrogens with zero attached hydrogens (tertiary/aromatic N) is 2. The van der Waals surface area contributed by atoms with Crippen molar-refractivity contribution in [2.24, 2.45) is 5.73 Å². The first kappa shape index (κ1) is 10.9. The Kier molecular flexibility index (Phi) is 3.34. The number of carbonyl (C=O) groups is 1. The third kappa shape index (κ3) is 2.68. The van der Waals surface area contributed by atoms with Gasteiger partial charge in [0, 0.05) is 6.04 Å². The lowest BCUT2D eigenvalue weighted by atomic mass is 9.96. The number of primary amides is 1. The summed E-state index contributed by atoms with van der Waals surface area (Å²) >= 11 is 0. The van der Waals surface area contributed by atoms with Gasteiger partial charge in [0.2, 0.25) is 0 Å². The van der Waals surface area contributed by atoms with E-state index in [1.807, 2.05) is 0 Å². The molecule has 3 N–H and O–H groups in total. The highest BCUT2D eigenvalue weighted by molar-refractivity contribution is 5.90. The van der Waals surface area contributed by atoms with Crippen LogP contribution in [0.2, 0.25) is 0 Å². The van der Waals surface area contributed by atoms with Crippen LogP contribution in [-0.2, 0) is 0 Å². The van der Waals surface area contributed by atoms with Crippen molar-refractivity contribution in [1.29, 1.82) is 0 Å². The minimum absolute atomic E-state index is 0.209. The summed E-state index contributed by atoms with van der Waals surface area (Å²) in [6.45, 7) is 0. The largest absolute Gasteiger partial charge is 0.366 e. The maximum atomic E-state index is 10.9. The molecular weight excluding hydrogens is 204 g/mol. The lowest BCUT2D eigenvalue weighted by molar-refractivity contribution is 0.0995. The number of hydrogen-bond acceptors (Lipinski definition) is 4. The molecule has 0 bridgehead atoms. The predicted molar refractivity (Wildman–Crippen MR) is 61.0 cm³/mol. The number of anilines is 1. The van der Waals surface area contributed by atoms with Gasteiger partial charge < -0.3 is 11.1 Å². The predicted octanol–water partition coefficient (Wildman–Crippen LogP) is 1.32. The summed E-state index contributed by atoms with van der Waals surface area (Å²) in [6.07, 6.45) is 9.13. The third-order valence-corrected chi connectivity index (χ3v) is 2.84. The van der Waals surface area contributed by atoms with Gasteiger partial charge in [0.15, 0.2) is 0 Å². The van der Waals surface area contributed by atoms with E-state index in [4.69, 9.17) is 5.73 Å². The molecule has 16 heavy (non-hydrogen) atoms. The number of aromatic nitrogens is 2. The molecule has 1 aromatic rings. The van der Waals surface area contributed by atoms with Crippen molar-refractivity contribution in [3.63, 3.8) is 0 Å². The second kappa shape index (κ2) is 4.92. The zero-order valence-electron chi connectivity index (χ0n) is 9.15. The minimum Gasteiger partial charge on any atom is -0.366 e. The monoisotopic (exact) mass is 220 g/mol. The highest BCUT2D eigenvalue weighted by Gasteiger charge is 2.14. The summed E-state index contributed by atoms with van der Waals surface area (Å²) < 4.78 is 0. The maximum Gasteiger partial charge on any atom is 0.268 e. The van der Waals surface area contributed by atoms with Crippen molar-refractivity contribution in [1.82, 2.24) is 9.97 Å². The maximum absolute atomic E-state index is 10.9. The van der Waals surface area contributed by atoms with E-state index in [-0.39, 0.29) is 5.69 Å². The molecule has 1 saturated carbocycles. The SMILES string of the molecule is NC(=O)c1cncc(NC2CCCCC2)n1. The van der Waals surface area contributed by atoms with Crippen LogP contribution in [0.5, 0.6) is 0 Å². The zero-order valence-corrected chi connectivity index (χ0v) is 9.15. The van der Waals surface area contributed by atoms with Crippen molar-refractivity contribution in [3.8, 4) is 0 Å². The molecule has 1 heterocycles. The van der Waals surface area contributed by atoms with Gasteiger partial charge in [-0.1, -0.05) is 19.3 Å². The third-order valence-electron chi connectivity index (χ3n) is 2.84. The molecule has 0 aliphatic heterocycles. The lowest BCUT2D eigenvalue weighted by Crippen LogP contribution is -2.23. The van der Waals surface area contributed by atoms with Crippen LogP contribution in [0.4, 0.5) is 5.82 Å². The fourth-order valence-corrected chi connectivity index (χ4v) is 2.01. The Labute approximate surface area is 94.5 Å². The highest BCUT2D eigenvalue weighted by Crippen LogP contribution is 2.20. The summed E-state index contributed by atoms with van der Waals surface area (Å²) in [5, 5.41) is 3.29. The van der Waals surface area contributed by atoms with E-state index >= 15 is 0 Å². The van der Waals surface area contributed by atoms with Gasteiger partial charge in [-0.2, -0.15) is 0 Å². The first-order valence-electron chi connectivity index (χ1n) is 5.64. The fourth-order valence-electron chi connectivity index (χ4n) is 2.01. The second-order valence-corrected chi connectivity index (χ2v) is 4.13. The molecule has 5 nitrogen and oxygen atoms in total. The molecule has 0 spiro atoms. The van der Waals surface area contributed by atoms with E-state index in [9.17, 15) is 4.79 Å². The molecular formula is C11H16N4O. The van der Waals surface area contributed by atoms with E-state index < -0.39 is 5.91 Å². The molecule has 1 aliphatic rings. The first-order valence-corrected chi connectivity index (χ1v) is 5.64. The van der Waals surface area contributed by atoms with Crippen LogP contribution in [0.25, 0.3) is 0 Å². The van der Waals surface area contributed by atoms with E-state index in [0.29, 0.717) is 11.9 Å². The van der Waals surface area contributed by atoms with Crippen LogP contribution in [0.3, 0.4) is 0 Å². The number of nitrogens with one attached hydrogen (secondary N) is 1. The number of hydrogen-bond donors (Lipinski definition) is 2. The molecule has 1 amide bonds. The van der Waals surface area contributed by atoms with E-state index in [1.54, 1.807) is 6.20 Å².